The Hall–Kier alpha value is -3.73. The molecule has 0 atom stereocenters. The summed E-state index contributed by atoms with van der Waals surface area (Å²) >= 11 is 6.06. The molecular formula is C17H10ClFN8O2S. The molecule has 0 unspecified atom stereocenters. The van der Waals surface area contributed by atoms with Crippen LogP contribution in [0.25, 0.3) is 27.3 Å². The minimum absolute atomic E-state index is 0.0151. The number of benzene rings is 1. The smallest absolute Gasteiger partial charge is 0.261 e. The van der Waals surface area contributed by atoms with Gasteiger partial charge in [0.2, 0.25) is 0 Å². The highest BCUT2D eigenvalue weighted by Crippen LogP contribution is 2.28. The van der Waals surface area contributed by atoms with Gasteiger partial charge in [0.15, 0.2) is 10.8 Å². The molecule has 1 aromatic carbocycles. The second kappa shape index (κ2) is 7.59. The summed E-state index contributed by atoms with van der Waals surface area (Å²) in [6.45, 7) is 0. The molecule has 1 N–H and O–H groups in total. The molecule has 150 valence electrons. The maximum atomic E-state index is 13.1. The number of nitrogens with one attached hydrogen (secondary N) is 1. The Morgan fingerprint density at radius 2 is 1.90 bits per heavy atom. The first-order chi connectivity index (χ1) is 14.4. The van der Waals surface area contributed by atoms with E-state index < -0.39 is 15.8 Å². The van der Waals surface area contributed by atoms with Crippen molar-refractivity contribution in [3.8, 4) is 11.3 Å². The van der Waals surface area contributed by atoms with Crippen LogP contribution in [0, 0.1) is 5.82 Å². The first-order valence-electron chi connectivity index (χ1n) is 8.21. The number of pyridine rings is 1. The Kier molecular flexibility index (Phi) is 4.96. The first kappa shape index (κ1) is 19.6. The third kappa shape index (κ3) is 3.74. The maximum absolute atomic E-state index is 13.1. The molecule has 0 amide bonds. The fourth-order valence-electron chi connectivity index (χ4n) is 2.61. The summed E-state index contributed by atoms with van der Waals surface area (Å²) < 4.78 is 41.9. The largest absolute Gasteiger partial charge is 0.276 e. The lowest BCUT2D eigenvalue weighted by molar-refractivity contribution is 0.599. The summed E-state index contributed by atoms with van der Waals surface area (Å²) in [7, 11) is -4.02. The molecule has 3 aromatic heterocycles. The summed E-state index contributed by atoms with van der Waals surface area (Å²) in [6, 6.07) is 9.09. The second-order valence-electron chi connectivity index (χ2n) is 5.92. The van der Waals surface area contributed by atoms with Crippen LogP contribution in [0.1, 0.15) is 0 Å². The van der Waals surface area contributed by atoms with Gasteiger partial charge in [-0.05, 0) is 53.1 Å². The summed E-state index contributed by atoms with van der Waals surface area (Å²) in [6.07, 6.45) is 2.78. The quantitative estimate of drug-likeness (QED) is 0.211. The molecule has 0 fully saturated rings. The highest BCUT2D eigenvalue weighted by molar-refractivity contribution is 7.92. The minimum atomic E-state index is -4.02. The maximum Gasteiger partial charge on any atom is 0.261 e. The SMILES string of the molecule is [N-]=[N+]=Nc1cnc2ccc(-c3cnc(Cl)c(NS(=O)(=O)c4ccc(F)cc4)c3)nn12. The third-order valence-corrected chi connectivity index (χ3v) is 5.68. The number of aromatic nitrogens is 4. The number of anilines is 1. The van der Waals surface area contributed by atoms with Gasteiger partial charge < -0.3 is 0 Å². The fourth-order valence-corrected chi connectivity index (χ4v) is 3.87. The summed E-state index contributed by atoms with van der Waals surface area (Å²) in [5.74, 6) is -0.370. The van der Waals surface area contributed by atoms with E-state index in [2.05, 4.69) is 29.8 Å². The van der Waals surface area contributed by atoms with Crippen molar-refractivity contribution in [2.45, 2.75) is 4.90 Å². The number of azide groups is 1. The van der Waals surface area contributed by atoms with Gasteiger partial charge in [0.25, 0.3) is 10.0 Å². The van der Waals surface area contributed by atoms with Crippen LogP contribution in [0.15, 0.2) is 64.9 Å². The molecule has 3 heterocycles. The Morgan fingerprint density at radius 1 is 1.13 bits per heavy atom. The molecule has 0 spiro atoms. The molecule has 0 saturated carbocycles. The molecule has 4 aromatic rings. The average molecular weight is 445 g/mol. The van der Waals surface area contributed by atoms with E-state index >= 15 is 0 Å². The number of hydrogen-bond acceptors (Lipinski definition) is 6. The molecule has 0 bridgehead atoms. The topological polar surface area (TPSA) is 138 Å². The van der Waals surface area contributed by atoms with Gasteiger partial charge in [0, 0.05) is 16.7 Å². The monoisotopic (exact) mass is 444 g/mol. The zero-order valence-electron chi connectivity index (χ0n) is 14.8. The van der Waals surface area contributed by atoms with Crippen LogP contribution in [0.4, 0.5) is 15.9 Å². The number of halogens is 2. The fraction of sp³-hybridized carbons (Fsp3) is 0. The predicted octanol–water partition coefficient (Wildman–Crippen LogP) is 4.33. The van der Waals surface area contributed by atoms with Crippen LogP contribution in [-0.2, 0) is 10.0 Å². The van der Waals surface area contributed by atoms with E-state index in [1.807, 2.05) is 0 Å². The van der Waals surface area contributed by atoms with Crippen LogP contribution in [0.5, 0.6) is 0 Å². The molecule has 13 heteroatoms. The Morgan fingerprint density at radius 3 is 2.63 bits per heavy atom. The van der Waals surface area contributed by atoms with Crippen molar-refractivity contribution in [3.05, 3.63) is 76.3 Å². The Labute approximate surface area is 173 Å². The normalized spacial score (nSPS) is 11.3. The highest BCUT2D eigenvalue weighted by Gasteiger charge is 2.17. The molecule has 10 nitrogen and oxygen atoms in total. The van der Waals surface area contributed by atoms with Gasteiger partial charge in [-0.1, -0.05) is 11.6 Å². The van der Waals surface area contributed by atoms with Crippen molar-refractivity contribution in [3.63, 3.8) is 0 Å². The number of sulfonamides is 1. The van der Waals surface area contributed by atoms with Crippen molar-refractivity contribution in [1.29, 1.82) is 0 Å². The number of fused-ring (bicyclic) bond motifs is 1. The lowest BCUT2D eigenvalue weighted by Gasteiger charge is -2.11. The van der Waals surface area contributed by atoms with E-state index in [0.717, 1.165) is 24.3 Å². The van der Waals surface area contributed by atoms with Gasteiger partial charge in [-0.25, -0.2) is 27.3 Å². The molecular weight excluding hydrogens is 435 g/mol. The first-order valence-corrected chi connectivity index (χ1v) is 10.1. The van der Waals surface area contributed by atoms with Gasteiger partial charge in [0.05, 0.1) is 22.5 Å². The van der Waals surface area contributed by atoms with Gasteiger partial charge in [-0.15, -0.1) is 0 Å². The third-order valence-electron chi connectivity index (χ3n) is 3.99. The Balaban J connectivity index is 1.73. The Bertz CT molecular complexity index is 1420. The van der Waals surface area contributed by atoms with E-state index in [0.29, 0.717) is 16.9 Å². The molecule has 0 radical (unpaired) electrons. The van der Waals surface area contributed by atoms with E-state index in [9.17, 15) is 12.8 Å². The number of nitrogens with zero attached hydrogens (tertiary/aromatic N) is 7. The zero-order valence-corrected chi connectivity index (χ0v) is 16.4. The molecule has 0 aliphatic heterocycles. The molecule has 4 rings (SSSR count). The zero-order chi connectivity index (χ0) is 21.3. The highest BCUT2D eigenvalue weighted by atomic mass is 35.5. The van der Waals surface area contributed by atoms with Crippen molar-refractivity contribution in [1.82, 2.24) is 19.6 Å². The van der Waals surface area contributed by atoms with E-state index in [4.69, 9.17) is 17.1 Å². The van der Waals surface area contributed by atoms with E-state index in [1.165, 1.54) is 23.0 Å². The number of rotatable bonds is 5. The van der Waals surface area contributed by atoms with Crippen molar-refractivity contribution >= 4 is 38.8 Å². The van der Waals surface area contributed by atoms with Gasteiger partial charge in [-0.2, -0.15) is 5.10 Å². The number of hydrogen-bond donors (Lipinski definition) is 1. The van der Waals surface area contributed by atoms with Crippen molar-refractivity contribution in [2.75, 3.05) is 4.72 Å². The van der Waals surface area contributed by atoms with Crippen LogP contribution >= 0.6 is 11.6 Å². The van der Waals surface area contributed by atoms with Crippen LogP contribution < -0.4 is 4.72 Å². The van der Waals surface area contributed by atoms with E-state index in [1.54, 1.807) is 12.1 Å². The summed E-state index contributed by atoms with van der Waals surface area (Å²) in [4.78, 5) is 10.7. The molecule has 0 saturated heterocycles. The van der Waals surface area contributed by atoms with Crippen molar-refractivity contribution in [2.24, 2.45) is 5.11 Å². The molecule has 30 heavy (non-hydrogen) atoms. The average Bonchev–Trinajstić information content (AvgIpc) is 3.12. The molecule has 0 aliphatic rings. The van der Waals surface area contributed by atoms with Crippen LogP contribution in [-0.4, -0.2) is 28.0 Å². The predicted molar refractivity (Wildman–Crippen MR) is 107 cm³/mol. The van der Waals surface area contributed by atoms with Crippen molar-refractivity contribution < 1.29 is 12.8 Å². The van der Waals surface area contributed by atoms with Crippen LogP contribution in [0.3, 0.4) is 0 Å². The van der Waals surface area contributed by atoms with Gasteiger partial charge >= 0.3 is 0 Å². The minimum Gasteiger partial charge on any atom is -0.276 e. The lowest BCUT2D eigenvalue weighted by Crippen LogP contribution is -2.13. The summed E-state index contributed by atoms with van der Waals surface area (Å²) in [5.41, 5.74) is 9.97. The second-order valence-corrected chi connectivity index (χ2v) is 7.96. The van der Waals surface area contributed by atoms with Gasteiger partial charge in [-0.3, -0.25) is 4.72 Å². The van der Waals surface area contributed by atoms with Crippen LogP contribution in [0.2, 0.25) is 5.15 Å². The summed E-state index contributed by atoms with van der Waals surface area (Å²) in [5, 5.41) is 7.78. The number of imidazole rings is 1. The van der Waals surface area contributed by atoms with E-state index in [-0.39, 0.29) is 21.6 Å². The van der Waals surface area contributed by atoms with Gasteiger partial charge in [0.1, 0.15) is 11.6 Å². The standard InChI is InChI=1S/C17H10ClFN8O2S/c18-17-14(25-30(28,29)12-3-1-11(19)2-4-12)7-10(8-22-17)13-5-6-15-21-9-16(23-26-20)27(15)24-13/h1-9,25H. The molecule has 0 aliphatic carbocycles. The lowest BCUT2D eigenvalue weighted by atomic mass is 10.2.